The third kappa shape index (κ3) is 3.54. The molecule has 0 saturated heterocycles. The molecule has 3 aromatic carbocycles. The van der Waals surface area contributed by atoms with Crippen molar-refractivity contribution in [1.29, 1.82) is 0 Å². The maximum atomic E-state index is 10.4. The molecule has 4 heteroatoms. The number of aromatic nitrogens is 3. The highest BCUT2D eigenvalue weighted by molar-refractivity contribution is 5.89. The van der Waals surface area contributed by atoms with E-state index in [1.807, 2.05) is 12.1 Å². The summed E-state index contributed by atoms with van der Waals surface area (Å²) in [5.74, 6) is 0.401. The van der Waals surface area contributed by atoms with Crippen LogP contribution in [0.3, 0.4) is 0 Å². The van der Waals surface area contributed by atoms with Gasteiger partial charge in [0.1, 0.15) is 11.3 Å². The molecule has 1 aliphatic rings. The molecule has 0 spiro atoms. The van der Waals surface area contributed by atoms with Crippen LogP contribution in [0.5, 0.6) is 5.75 Å². The van der Waals surface area contributed by atoms with E-state index in [-0.39, 0.29) is 11.7 Å². The number of pyridine rings is 1. The van der Waals surface area contributed by atoms with Crippen LogP contribution in [0.15, 0.2) is 122 Å². The number of hydrogen-bond acceptors (Lipinski definition) is 3. The molecule has 5 aromatic rings. The van der Waals surface area contributed by atoms with Crippen molar-refractivity contribution in [3.63, 3.8) is 0 Å². The van der Waals surface area contributed by atoms with Crippen molar-refractivity contribution in [3.05, 3.63) is 138 Å². The Morgan fingerprint density at radius 3 is 2.28 bits per heavy atom. The van der Waals surface area contributed by atoms with Crippen LogP contribution in [0, 0.1) is 12.8 Å². The highest BCUT2D eigenvalue weighted by Crippen LogP contribution is 2.45. The standard InChI is InChI=1S/C32H27N3O/c1-23-29(24-17-18-30-28(21-24)31(36)19-20-33-30)22-35(34-23)32(25-11-5-2-6-12-25,26-13-7-3-8-14-26)27-15-9-4-10-16-27/h2-15,17-22,27H,16H2,1H3,(H,33,36). The molecule has 0 radical (unpaired) electrons. The molecule has 0 fully saturated rings. The molecule has 0 aliphatic heterocycles. The number of rotatable bonds is 5. The van der Waals surface area contributed by atoms with Gasteiger partial charge in [0.2, 0.25) is 0 Å². The Labute approximate surface area is 210 Å². The first-order chi connectivity index (χ1) is 17.7. The highest BCUT2D eigenvalue weighted by Gasteiger charge is 2.43. The van der Waals surface area contributed by atoms with E-state index in [0.717, 1.165) is 34.1 Å². The Morgan fingerprint density at radius 2 is 1.61 bits per heavy atom. The molecule has 1 N–H and O–H groups in total. The Bertz CT molecular complexity index is 1540. The lowest BCUT2D eigenvalue weighted by Crippen LogP contribution is -2.43. The molecule has 0 amide bonds. The third-order valence-corrected chi connectivity index (χ3v) is 7.23. The third-order valence-electron chi connectivity index (χ3n) is 7.23. The Kier molecular flexibility index (Phi) is 5.49. The van der Waals surface area contributed by atoms with Crippen molar-refractivity contribution in [2.24, 2.45) is 5.92 Å². The molecule has 1 unspecified atom stereocenters. The Balaban J connectivity index is 1.61. The Hall–Kier alpha value is -4.44. The van der Waals surface area contributed by atoms with E-state index in [1.165, 1.54) is 11.1 Å². The fourth-order valence-corrected chi connectivity index (χ4v) is 5.53. The first kappa shape index (κ1) is 22.1. The monoisotopic (exact) mass is 469 g/mol. The summed E-state index contributed by atoms with van der Waals surface area (Å²) >= 11 is 0. The lowest BCUT2D eigenvalue weighted by atomic mass is 9.70. The summed E-state index contributed by atoms with van der Waals surface area (Å²) < 4.78 is 2.16. The van der Waals surface area contributed by atoms with Crippen molar-refractivity contribution in [1.82, 2.24) is 14.8 Å². The number of aromatic hydroxyl groups is 1. The zero-order valence-electron chi connectivity index (χ0n) is 20.1. The van der Waals surface area contributed by atoms with Gasteiger partial charge in [0.15, 0.2) is 0 Å². The zero-order chi connectivity index (χ0) is 24.5. The minimum atomic E-state index is -0.534. The lowest BCUT2D eigenvalue weighted by Gasteiger charge is -2.41. The van der Waals surface area contributed by atoms with Gasteiger partial charge in [0, 0.05) is 29.3 Å². The van der Waals surface area contributed by atoms with Crippen LogP contribution in [0.25, 0.3) is 22.0 Å². The normalized spacial score (nSPS) is 15.4. The van der Waals surface area contributed by atoms with Crippen molar-refractivity contribution < 1.29 is 5.11 Å². The van der Waals surface area contributed by atoms with Crippen LogP contribution in [-0.4, -0.2) is 19.9 Å². The molecule has 1 aliphatic carbocycles. The van der Waals surface area contributed by atoms with E-state index >= 15 is 0 Å². The van der Waals surface area contributed by atoms with Gasteiger partial charge < -0.3 is 5.11 Å². The van der Waals surface area contributed by atoms with Gasteiger partial charge in [0.05, 0.1) is 11.2 Å². The average Bonchev–Trinajstić information content (AvgIpc) is 3.32. The van der Waals surface area contributed by atoms with Gasteiger partial charge in [-0.25, -0.2) is 0 Å². The van der Waals surface area contributed by atoms with Gasteiger partial charge in [-0.1, -0.05) is 91.0 Å². The zero-order valence-corrected chi connectivity index (χ0v) is 20.1. The van der Waals surface area contributed by atoms with Crippen LogP contribution in [-0.2, 0) is 5.54 Å². The Morgan fingerprint density at radius 1 is 0.889 bits per heavy atom. The lowest BCUT2D eigenvalue weighted by molar-refractivity contribution is 0.292. The van der Waals surface area contributed by atoms with E-state index in [9.17, 15) is 5.11 Å². The quantitative estimate of drug-likeness (QED) is 0.300. The maximum absolute atomic E-state index is 10.4. The molecule has 2 aromatic heterocycles. The van der Waals surface area contributed by atoms with Gasteiger partial charge in [-0.05, 0) is 48.2 Å². The van der Waals surface area contributed by atoms with Crippen molar-refractivity contribution >= 4 is 10.9 Å². The molecule has 36 heavy (non-hydrogen) atoms. The largest absolute Gasteiger partial charge is 0.507 e. The fraction of sp³-hybridized carbons (Fsp3) is 0.125. The summed E-state index contributed by atoms with van der Waals surface area (Å²) in [4.78, 5) is 4.39. The molecule has 0 bridgehead atoms. The molecule has 0 saturated carbocycles. The summed E-state index contributed by atoms with van der Waals surface area (Å²) in [5, 5.41) is 16.3. The second-order valence-electron chi connectivity index (χ2n) is 9.29. The molecule has 6 rings (SSSR count). The van der Waals surface area contributed by atoms with Crippen LogP contribution in [0.2, 0.25) is 0 Å². The van der Waals surface area contributed by atoms with Crippen molar-refractivity contribution in [2.45, 2.75) is 18.9 Å². The molecule has 1 atom stereocenters. The number of nitrogens with zero attached hydrogens (tertiary/aromatic N) is 3. The second-order valence-corrected chi connectivity index (χ2v) is 9.29. The van der Waals surface area contributed by atoms with Crippen molar-refractivity contribution in [3.8, 4) is 16.9 Å². The number of benzene rings is 3. The van der Waals surface area contributed by atoms with Crippen LogP contribution in [0.1, 0.15) is 23.2 Å². The van der Waals surface area contributed by atoms with Gasteiger partial charge in [-0.3, -0.25) is 9.67 Å². The van der Waals surface area contributed by atoms with E-state index in [2.05, 4.69) is 114 Å². The molecule has 176 valence electrons. The number of hydrogen-bond donors (Lipinski definition) is 1. The minimum Gasteiger partial charge on any atom is -0.507 e. The minimum absolute atomic E-state index is 0.171. The first-order valence-corrected chi connectivity index (χ1v) is 12.3. The predicted octanol–water partition coefficient (Wildman–Crippen LogP) is 7.04. The predicted molar refractivity (Wildman–Crippen MR) is 145 cm³/mol. The van der Waals surface area contributed by atoms with E-state index in [0.29, 0.717) is 0 Å². The summed E-state index contributed by atoms with van der Waals surface area (Å²) in [7, 11) is 0. The molecular formula is C32H27N3O. The van der Waals surface area contributed by atoms with Crippen LogP contribution >= 0.6 is 0 Å². The fourth-order valence-electron chi connectivity index (χ4n) is 5.53. The van der Waals surface area contributed by atoms with Gasteiger partial charge in [0.25, 0.3) is 0 Å². The summed E-state index contributed by atoms with van der Waals surface area (Å²) in [5.41, 5.74) is 5.59. The first-order valence-electron chi connectivity index (χ1n) is 12.3. The van der Waals surface area contributed by atoms with Crippen LogP contribution in [0.4, 0.5) is 0 Å². The van der Waals surface area contributed by atoms with Crippen LogP contribution < -0.4 is 0 Å². The molecular weight excluding hydrogens is 442 g/mol. The van der Waals surface area contributed by atoms with E-state index in [4.69, 9.17) is 5.10 Å². The van der Waals surface area contributed by atoms with Crippen molar-refractivity contribution in [2.75, 3.05) is 0 Å². The summed E-state index contributed by atoms with van der Waals surface area (Å²) in [6, 6.07) is 29.0. The van der Waals surface area contributed by atoms with E-state index in [1.54, 1.807) is 12.3 Å². The number of allylic oxidation sites excluding steroid dienone is 4. The van der Waals surface area contributed by atoms with Gasteiger partial charge in [-0.15, -0.1) is 0 Å². The number of fused-ring (bicyclic) bond motifs is 1. The van der Waals surface area contributed by atoms with Gasteiger partial charge in [-0.2, -0.15) is 5.10 Å². The second kappa shape index (κ2) is 8.97. The SMILES string of the molecule is Cc1nn(C(c2ccccc2)(c2ccccc2)C2C=CC=CC2)cc1-c1ccc2nccc(O)c2c1. The summed E-state index contributed by atoms with van der Waals surface area (Å²) in [6.45, 7) is 2.05. The highest BCUT2D eigenvalue weighted by atomic mass is 16.3. The maximum Gasteiger partial charge on any atom is 0.126 e. The smallest absolute Gasteiger partial charge is 0.126 e. The number of aryl methyl sites for hydroxylation is 1. The molecule has 4 nitrogen and oxygen atoms in total. The topological polar surface area (TPSA) is 50.9 Å². The average molecular weight is 470 g/mol. The summed E-state index contributed by atoms with van der Waals surface area (Å²) in [6.07, 6.45) is 13.5. The molecule has 2 heterocycles. The van der Waals surface area contributed by atoms with E-state index < -0.39 is 5.54 Å². The van der Waals surface area contributed by atoms with Gasteiger partial charge >= 0.3 is 0 Å².